The molecule has 0 amide bonds. The minimum Gasteiger partial charge on any atom is -0.325 e. The highest BCUT2D eigenvalue weighted by Crippen LogP contribution is 2.26. The average Bonchev–Trinajstić information content (AvgIpc) is 2.20. The molecule has 88 valence electrons. The van der Waals surface area contributed by atoms with Gasteiger partial charge in [0.1, 0.15) is 0 Å². The van der Waals surface area contributed by atoms with Crippen LogP contribution in [-0.4, -0.2) is 10.5 Å². The molecule has 1 unspecified atom stereocenters. The molecule has 1 atom stereocenters. The van der Waals surface area contributed by atoms with E-state index in [0.717, 1.165) is 6.42 Å². The molecule has 0 aliphatic rings. The summed E-state index contributed by atoms with van der Waals surface area (Å²) in [5, 5.41) is 10.9. The Labute approximate surface area is 103 Å². The van der Waals surface area contributed by atoms with E-state index >= 15 is 0 Å². The van der Waals surface area contributed by atoms with Crippen molar-refractivity contribution in [2.45, 2.75) is 32.2 Å². The van der Waals surface area contributed by atoms with Gasteiger partial charge in [0, 0.05) is 21.6 Å². The molecule has 0 saturated heterocycles. The largest absolute Gasteiger partial charge is 0.325 e. The van der Waals surface area contributed by atoms with Crippen LogP contribution in [0.15, 0.2) is 22.7 Å². The molecular weight excluding hydrogens is 272 g/mol. The van der Waals surface area contributed by atoms with E-state index in [1.807, 2.05) is 13.8 Å². The van der Waals surface area contributed by atoms with Gasteiger partial charge < -0.3 is 5.73 Å². The first-order valence-electron chi connectivity index (χ1n) is 5.07. The molecule has 5 heteroatoms. The van der Waals surface area contributed by atoms with Gasteiger partial charge in [0.25, 0.3) is 5.69 Å². The van der Waals surface area contributed by atoms with E-state index in [4.69, 9.17) is 5.73 Å². The molecule has 1 rings (SSSR count). The minimum absolute atomic E-state index is 0.125. The number of nitro groups is 1. The highest BCUT2D eigenvalue weighted by Gasteiger charge is 2.22. The van der Waals surface area contributed by atoms with Crippen LogP contribution in [0.25, 0.3) is 0 Å². The Bertz CT molecular complexity index is 405. The zero-order valence-electron chi connectivity index (χ0n) is 9.37. The lowest BCUT2D eigenvalue weighted by Crippen LogP contribution is -2.37. The number of hydrogen-bond donors (Lipinski definition) is 1. The maximum Gasteiger partial charge on any atom is 0.273 e. The zero-order valence-corrected chi connectivity index (χ0v) is 11.0. The Morgan fingerprint density at radius 2 is 2.19 bits per heavy atom. The Kier molecular flexibility index (Phi) is 4.04. The predicted molar refractivity (Wildman–Crippen MR) is 67.4 cm³/mol. The summed E-state index contributed by atoms with van der Waals surface area (Å²) in [6.07, 6.45) is 1.29. The Morgan fingerprint density at radius 1 is 1.56 bits per heavy atom. The topological polar surface area (TPSA) is 69.2 Å². The van der Waals surface area contributed by atoms with Gasteiger partial charge in [-0.25, -0.2) is 0 Å². The second-order valence-corrected chi connectivity index (χ2v) is 5.13. The van der Waals surface area contributed by atoms with Gasteiger partial charge in [-0.3, -0.25) is 10.1 Å². The minimum atomic E-state index is -0.404. The molecule has 0 bridgehead atoms. The molecule has 2 N–H and O–H groups in total. The van der Waals surface area contributed by atoms with Crippen molar-refractivity contribution in [3.8, 4) is 0 Å². The summed E-state index contributed by atoms with van der Waals surface area (Å²) >= 11 is 3.23. The van der Waals surface area contributed by atoms with Gasteiger partial charge in [0.05, 0.1) is 4.92 Å². The third kappa shape index (κ3) is 3.28. The van der Waals surface area contributed by atoms with Gasteiger partial charge >= 0.3 is 0 Å². The highest BCUT2D eigenvalue weighted by molar-refractivity contribution is 9.10. The first kappa shape index (κ1) is 13.1. The summed E-state index contributed by atoms with van der Waals surface area (Å²) in [5.41, 5.74) is 6.42. The summed E-state index contributed by atoms with van der Waals surface area (Å²) < 4.78 is 0.707. The van der Waals surface area contributed by atoms with Crippen molar-refractivity contribution in [2.24, 2.45) is 5.73 Å². The van der Waals surface area contributed by atoms with Crippen molar-refractivity contribution in [1.29, 1.82) is 0 Å². The quantitative estimate of drug-likeness (QED) is 0.683. The molecule has 0 aromatic heterocycles. The Hall–Kier alpha value is -0.940. The third-order valence-corrected chi connectivity index (χ3v) is 3.14. The number of nitrogens with two attached hydrogens (primary N) is 1. The second-order valence-electron chi connectivity index (χ2n) is 4.21. The lowest BCUT2D eigenvalue weighted by Gasteiger charge is -2.22. The van der Waals surface area contributed by atoms with E-state index in [9.17, 15) is 10.1 Å². The molecule has 0 aliphatic carbocycles. The Balaban J connectivity index is 3.09. The van der Waals surface area contributed by atoms with Crippen molar-refractivity contribution in [1.82, 2.24) is 0 Å². The van der Waals surface area contributed by atoms with Crippen LogP contribution in [0.3, 0.4) is 0 Å². The fraction of sp³-hybridized carbons (Fsp3) is 0.455. The van der Waals surface area contributed by atoms with Gasteiger partial charge in [0.15, 0.2) is 0 Å². The zero-order chi connectivity index (χ0) is 12.3. The van der Waals surface area contributed by atoms with E-state index in [1.54, 1.807) is 12.1 Å². The fourth-order valence-corrected chi connectivity index (χ4v) is 1.77. The molecule has 16 heavy (non-hydrogen) atoms. The lowest BCUT2D eigenvalue weighted by molar-refractivity contribution is -0.385. The van der Waals surface area contributed by atoms with Crippen molar-refractivity contribution in [2.75, 3.05) is 0 Å². The van der Waals surface area contributed by atoms with Crippen molar-refractivity contribution in [3.63, 3.8) is 0 Å². The predicted octanol–water partition coefficient (Wildman–Crippen LogP) is 3.03. The van der Waals surface area contributed by atoms with Crippen LogP contribution in [0.1, 0.15) is 25.8 Å². The van der Waals surface area contributed by atoms with E-state index < -0.39 is 5.54 Å². The van der Waals surface area contributed by atoms with Crippen molar-refractivity contribution < 1.29 is 4.92 Å². The van der Waals surface area contributed by atoms with Crippen LogP contribution < -0.4 is 5.73 Å². The average molecular weight is 287 g/mol. The molecule has 4 nitrogen and oxygen atoms in total. The summed E-state index contributed by atoms with van der Waals surface area (Å²) in [7, 11) is 0. The standard InChI is InChI=1S/C11H15BrN2O2/c1-3-11(2,13)7-8-4-5-9(12)6-10(8)14(15)16/h4-6H,3,7,13H2,1-2H3. The molecular formula is C11H15BrN2O2. The van der Waals surface area contributed by atoms with E-state index in [1.165, 1.54) is 6.07 Å². The smallest absolute Gasteiger partial charge is 0.273 e. The highest BCUT2D eigenvalue weighted by atomic mass is 79.9. The van der Waals surface area contributed by atoms with Crippen LogP contribution in [0.2, 0.25) is 0 Å². The summed E-state index contributed by atoms with van der Waals surface area (Å²) in [6, 6.07) is 5.07. The number of benzene rings is 1. The van der Waals surface area contributed by atoms with Gasteiger partial charge in [-0.2, -0.15) is 0 Å². The van der Waals surface area contributed by atoms with Crippen LogP contribution in [0.5, 0.6) is 0 Å². The number of nitro benzene ring substituents is 1. The summed E-state index contributed by atoms with van der Waals surface area (Å²) in [5.74, 6) is 0. The SMILES string of the molecule is CCC(C)(N)Cc1ccc(Br)cc1[N+](=O)[O-]. The maximum atomic E-state index is 10.9. The van der Waals surface area contributed by atoms with Crippen LogP contribution >= 0.6 is 15.9 Å². The molecule has 0 fully saturated rings. The van der Waals surface area contributed by atoms with E-state index in [-0.39, 0.29) is 10.6 Å². The number of nitrogens with zero attached hydrogens (tertiary/aromatic N) is 1. The molecule has 1 aromatic carbocycles. The maximum absolute atomic E-state index is 10.9. The molecule has 0 saturated carbocycles. The van der Waals surface area contributed by atoms with Crippen LogP contribution in [-0.2, 0) is 6.42 Å². The first-order valence-corrected chi connectivity index (χ1v) is 5.87. The first-order chi connectivity index (χ1) is 7.35. The Morgan fingerprint density at radius 3 is 2.69 bits per heavy atom. The van der Waals surface area contributed by atoms with Gasteiger partial charge in [-0.1, -0.05) is 28.9 Å². The van der Waals surface area contributed by atoms with E-state index in [0.29, 0.717) is 16.5 Å². The third-order valence-electron chi connectivity index (χ3n) is 2.65. The summed E-state index contributed by atoms with van der Waals surface area (Å²) in [6.45, 7) is 3.88. The number of halogens is 1. The summed E-state index contributed by atoms with van der Waals surface area (Å²) in [4.78, 5) is 10.5. The molecule has 0 aliphatic heterocycles. The van der Waals surface area contributed by atoms with Crippen molar-refractivity contribution in [3.05, 3.63) is 38.3 Å². The molecule has 0 heterocycles. The lowest BCUT2D eigenvalue weighted by atomic mass is 9.91. The number of rotatable bonds is 4. The van der Waals surface area contributed by atoms with E-state index in [2.05, 4.69) is 15.9 Å². The van der Waals surface area contributed by atoms with Gasteiger partial charge in [0.2, 0.25) is 0 Å². The molecule has 1 aromatic rings. The molecule has 0 spiro atoms. The van der Waals surface area contributed by atoms with Gasteiger partial charge in [-0.15, -0.1) is 0 Å². The fourth-order valence-electron chi connectivity index (χ4n) is 1.42. The van der Waals surface area contributed by atoms with Crippen molar-refractivity contribution >= 4 is 21.6 Å². The van der Waals surface area contributed by atoms with Gasteiger partial charge in [-0.05, 0) is 25.8 Å². The van der Waals surface area contributed by atoms with Crippen LogP contribution in [0, 0.1) is 10.1 Å². The second kappa shape index (κ2) is 4.93. The van der Waals surface area contributed by atoms with Crippen LogP contribution in [0.4, 0.5) is 5.69 Å². The normalized spacial score (nSPS) is 14.5. The monoisotopic (exact) mass is 286 g/mol. The molecule has 0 radical (unpaired) electrons. The number of hydrogen-bond acceptors (Lipinski definition) is 3.